The number of ether oxygens (including phenoxy) is 1. The lowest BCUT2D eigenvalue weighted by molar-refractivity contribution is -0.122. The van der Waals surface area contributed by atoms with Crippen LogP contribution in [0, 0.1) is 0 Å². The molecule has 1 aromatic carbocycles. The zero-order valence-corrected chi connectivity index (χ0v) is 17.6. The standard InChI is InChI=1S/C22H29N5O3/c1-15(17-8-7-16-5-3-4-6-18(16)11-17)23-21(28)14-26-10-9-19(12-26)27-13-20(24-25-27)22(29)30-2/h7-8,11,13,15,19H,3-6,9-10,12,14H2,1-2H3,(H,23,28)/t15-,19+/m0/s1. The first-order valence-corrected chi connectivity index (χ1v) is 10.7. The van der Waals surface area contributed by atoms with E-state index in [0.717, 1.165) is 19.4 Å². The molecule has 30 heavy (non-hydrogen) atoms. The van der Waals surface area contributed by atoms with Gasteiger partial charge in [-0.1, -0.05) is 23.4 Å². The van der Waals surface area contributed by atoms with Crippen molar-refractivity contribution >= 4 is 11.9 Å². The van der Waals surface area contributed by atoms with Crippen molar-refractivity contribution < 1.29 is 14.3 Å². The van der Waals surface area contributed by atoms with Gasteiger partial charge in [0.15, 0.2) is 5.69 Å². The van der Waals surface area contributed by atoms with E-state index >= 15 is 0 Å². The minimum atomic E-state index is -0.494. The van der Waals surface area contributed by atoms with Crippen LogP contribution in [-0.4, -0.2) is 58.5 Å². The monoisotopic (exact) mass is 411 g/mol. The van der Waals surface area contributed by atoms with E-state index in [0.29, 0.717) is 13.1 Å². The number of carbonyl (C=O) groups is 2. The van der Waals surface area contributed by atoms with Crippen LogP contribution in [0.25, 0.3) is 0 Å². The zero-order valence-electron chi connectivity index (χ0n) is 17.6. The van der Waals surface area contributed by atoms with Gasteiger partial charge in [-0.2, -0.15) is 0 Å². The van der Waals surface area contributed by atoms with Crippen LogP contribution >= 0.6 is 0 Å². The molecule has 4 rings (SSSR count). The Kier molecular flexibility index (Phi) is 6.13. The van der Waals surface area contributed by atoms with Crippen LogP contribution < -0.4 is 5.32 Å². The predicted molar refractivity (Wildman–Crippen MR) is 111 cm³/mol. The molecule has 2 aromatic rings. The summed E-state index contributed by atoms with van der Waals surface area (Å²) in [6, 6.07) is 6.71. The molecule has 2 atom stereocenters. The van der Waals surface area contributed by atoms with Crippen LogP contribution in [0.1, 0.15) is 65.4 Å². The van der Waals surface area contributed by atoms with Gasteiger partial charge in [-0.05, 0) is 55.7 Å². The van der Waals surface area contributed by atoms with Gasteiger partial charge in [-0.3, -0.25) is 9.69 Å². The smallest absolute Gasteiger partial charge is 0.360 e. The van der Waals surface area contributed by atoms with Gasteiger partial charge in [0.1, 0.15) is 0 Å². The lowest BCUT2D eigenvalue weighted by Gasteiger charge is -2.21. The van der Waals surface area contributed by atoms with Crippen molar-refractivity contribution in [2.45, 2.75) is 51.1 Å². The van der Waals surface area contributed by atoms with E-state index in [2.05, 4.69) is 43.5 Å². The predicted octanol–water partition coefficient (Wildman–Crippen LogP) is 2.07. The molecule has 2 aliphatic rings. The first-order chi connectivity index (χ1) is 14.5. The average Bonchev–Trinajstić information content (AvgIpc) is 3.42. The number of esters is 1. The van der Waals surface area contributed by atoms with Gasteiger partial charge in [0.25, 0.3) is 0 Å². The van der Waals surface area contributed by atoms with Crippen molar-refractivity contribution in [3.8, 4) is 0 Å². The Morgan fingerprint density at radius 1 is 1.27 bits per heavy atom. The molecule has 1 N–H and O–H groups in total. The van der Waals surface area contributed by atoms with Crippen molar-refractivity contribution in [2.75, 3.05) is 26.7 Å². The Morgan fingerprint density at radius 2 is 2.07 bits per heavy atom. The topological polar surface area (TPSA) is 89.4 Å². The van der Waals surface area contributed by atoms with E-state index in [1.54, 1.807) is 10.9 Å². The third-order valence-electron chi connectivity index (χ3n) is 6.14. The SMILES string of the molecule is COC(=O)c1cn([C@@H]2CCN(CC(=O)N[C@@H](C)c3ccc4c(c3)CCCC4)C2)nn1. The van der Waals surface area contributed by atoms with Gasteiger partial charge < -0.3 is 10.1 Å². The molecule has 160 valence electrons. The van der Waals surface area contributed by atoms with E-state index in [1.807, 2.05) is 6.92 Å². The lowest BCUT2D eigenvalue weighted by atomic mass is 9.89. The molecule has 1 aliphatic carbocycles. The van der Waals surface area contributed by atoms with E-state index < -0.39 is 5.97 Å². The van der Waals surface area contributed by atoms with Crippen molar-refractivity contribution in [1.82, 2.24) is 25.2 Å². The van der Waals surface area contributed by atoms with Gasteiger partial charge in [-0.25, -0.2) is 9.48 Å². The van der Waals surface area contributed by atoms with Gasteiger partial charge in [0.2, 0.25) is 5.91 Å². The summed E-state index contributed by atoms with van der Waals surface area (Å²) in [6.45, 7) is 3.90. The van der Waals surface area contributed by atoms with Crippen LogP contribution in [0.15, 0.2) is 24.4 Å². The largest absolute Gasteiger partial charge is 0.464 e. The zero-order chi connectivity index (χ0) is 21.1. The van der Waals surface area contributed by atoms with Crippen molar-refractivity contribution in [3.63, 3.8) is 0 Å². The fourth-order valence-corrected chi connectivity index (χ4v) is 4.42. The van der Waals surface area contributed by atoms with E-state index in [-0.39, 0.29) is 23.7 Å². The van der Waals surface area contributed by atoms with Gasteiger partial charge in [0.05, 0.1) is 31.9 Å². The van der Waals surface area contributed by atoms with Crippen LogP contribution in [0.2, 0.25) is 0 Å². The van der Waals surface area contributed by atoms with Gasteiger partial charge in [0, 0.05) is 13.1 Å². The molecule has 0 radical (unpaired) electrons. The normalized spacial score (nSPS) is 19.9. The maximum Gasteiger partial charge on any atom is 0.360 e. The first-order valence-electron chi connectivity index (χ1n) is 10.7. The Morgan fingerprint density at radius 3 is 2.87 bits per heavy atom. The molecule has 1 fully saturated rings. The summed E-state index contributed by atoms with van der Waals surface area (Å²) in [6.07, 6.45) is 7.29. The molecule has 0 unspecified atom stereocenters. The summed E-state index contributed by atoms with van der Waals surface area (Å²) >= 11 is 0. The number of amides is 1. The Labute approximate surface area is 176 Å². The molecule has 0 spiro atoms. The number of nitrogens with one attached hydrogen (secondary N) is 1. The number of aryl methyl sites for hydroxylation is 2. The van der Waals surface area contributed by atoms with Crippen LogP contribution in [0.3, 0.4) is 0 Å². The van der Waals surface area contributed by atoms with Crippen molar-refractivity contribution in [3.05, 3.63) is 46.8 Å². The molecule has 8 heteroatoms. The molecule has 0 bridgehead atoms. The lowest BCUT2D eigenvalue weighted by Crippen LogP contribution is -2.37. The molecule has 2 heterocycles. The maximum atomic E-state index is 12.6. The molecule has 0 saturated carbocycles. The number of rotatable bonds is 6. The minimum absolute atomic E-state index is 0.0129. The minimum Gasteiger partial charge on any atom is -0.464 e. The molecule has 1 saturated heterocycles. The van der Waals surface area contributed by atoms with Crippen molar-refractivity contribution in [1.29, 1.82) is 0 Å². The molecular weight excluding hydrogens is 382 g/mol. The second kappa shape index (κ2) is 8.95. The number of carbonyl (C=O) groups excluding carboxylic acids is 2. The van der Waals surface area contributed by atoms with Crippen LogP contribution in [-0.2, 0) is 22.4 Å². The number of aromatic nitrogens is 3. The van der Waals surface area contributed by atoms with Crippen LogP contribution in [0.5, 0.6) is 0 Å². The number of hydrogen-bond acceptors (Lipinski definition) is 6. The number of hydrogen-bond donors (Lipinski definition) is 1. The summed E-state index contributed by atoms with van der Waals surface area (Å²) in [5.74, 6) is -0.471. The molecule has 8 nitrogen and oxygen atoms in total. The molecule has 1 aliphatic heterocycles. The van der Waals surface area contributed by atoms with E-state index in [9.17, 15) is 9.59 Å². The van der Waals surface area contributed by atoms with E-state index in [1.165, 1.54) is 43.1 Å². The van der Waals surface area contributed by atoms with Gasteiger partial charge >= 0.3 is 5.97 Å². The second-order valence-corrected chi connectivity index (χ2v) is 8.28. The third kappa shape index (κ3) is 4.53. The summed E-state index contributed by atoms with van der Waals surface area (Å²) in [7, 11) is 1.32. The highest BCUT2D eigenvalue weighted by Crippen LogP contribution is 2.25. The summed E-state index contributed by atoms with van der Waals surface area (Å²) in [5, 5.41) is 11.0. The Balaban J connectivity index is 1.29. The van der Waals surface area contributed by atoms with Gasteiger partial charge in [-0.15, -0.1) is 5.10 Å². The van der Waals surface area contributed by atoms with E-state index in [4.69, 9.17) is 0 Å². The summed E-state index contributed by atoms with van der Waals surface area (Å²) in [5.41, 5.74) is 4.25. The molecular formula is C22H29N5O3. The number of benzene rings is 1. The number of nitrogens with zero attached hydrogens (tertiary/aromatic N) is 4. The highest BCUT2D eigenvalue weighted by atomic mass is 16.5. The van der Waals surface area contributed by atoms with Crippen LogP contribution in [0.4, 0.5) is 0 Å². The molecule has 1 aromatic heterocycles. The number of likely N-dealkylation sites (tertiary alicyclic amines) is 1. The first kappa shape index (κ1) is 20.5. The second-order valence-electron chi connectivity index (χ2n) is 8.28. The fourth-order valence-electron chi connectivity index (χ4n) is 4.42. The average molecular weight is 412 g/mol. The summed E-state index contributed by atoms with van der Waals surface area (Å²) in [4.78, 5) is 26.3. The number of fused-ring (bicyclic) bond motifs is 1. The fraction of sp³-hybridized carbons (Fsp3) is 0.545. The number of methoxy groups -OCH3 is 1. The quantitative estimate of drug-likeness (QED) is 0.732. The van der Waals surface area contributed by atoms with Crippen molar-refractivity contribution in [2.24, 2.45) is 0 Å². The Hall–Kier alpha value is -2.74. The summed E-state index contributed by atoms with van der Waals surface area (Å²) < 4.78 is 6.37. The highest BCUT2D eigenvalue weighted by molar-refractivity contribution is 5.86. The molecule has 1 amide bonds. The maximum absolute atomic E-state index is 12.6. The Bertz CT molecular complexity index is 925. The highest BCUT2D eigenvalue weighted by Gasteiger charge is 2.27. The third-order valence-corrected chi connectivity index (χ3v) is 6.14.